The Kier molecular flexibility index (Phi) is 6.32. The molecule has 0 unspecified atom stereocenters. The molecule has 1 heterocycles. The van der Waals surface area contributed by atoms with Gasteiger partial charge in [-0.1, -0.05) is 65.7 Å². The van der Waals surface area contributed by atoms with Gasteiger partial charge in [0, 0.05) is 24.4 Å². The van der Waals surface area contributed by atoms with Crippen LogP contribution in [0.25, 0.3) is 22.0 Å². The summed E-state index contributed by atoms with van der Waals surface area (Å²) >= 11 is 0. The molecule has 4 rings (SSSR count). The number of carbonyl (C=O) groups is 3. The Balaban J connectivity index is 1.97. The first-order valence-corrected chi connectivity index (χ1v) is 10.9. The maximum absolute atomic E-state index is 12.9. The number of carbonyl (C=O) groups excluding carboxylic acids is 2. The van der Waals surface area contributed by atoms with Crippen LogP contribution in [0.5, 0.6) is 0 Å². The van der Waals surface area contributed by atoms with E-state index < -0.39 is 17.7 Å². The van der Waals surface area contributed by atoms with Crippen molar-refractivity contribution in [3.63, 3.8) is 0 Å². The molecule has 0 amide bonds. The van der Waals surface area contributed by atoms with Gasteiger partial charge in [-0.2, -0.15) is 0 Å². The molecule has 0 aliphatic rings. The van der Waals surface area contributed by atoms with Gasteiger partial charge in [0.15, 0.2) is 0 Å². The van der Waals surface area contributed by atoms with Crippen molar-refractivity contribution in [2.75, 3.05) is 0 Å². The lowest BCUT2D eigenvalue weighted by atomic mass is 9.99. The van der Waals surface area contributed by atoms with Gasteiger partial charge in [-0.3, -0.25) is 9.59 Å². The topological polar surface area (TPSA) is 85.6 Å². The molecule has 0 saturated heterocycles. The highest BCUT2D eigenvalue weighted by Crippen LogP contribution is 2.33. The summed E-state index contributed by atoms with van der Waals surface area (Å²) in [5.41, 5.74) is 6.11. The van der Waals surface area contributed by atoms with Crippen LogP contribution in [-0.2, 0) is 27.5 Å². The van der Waals surface area contributed by atoms with Crippen molar-refractivity contribution < 1.29 is 24.2 Å². The van der Waals surface area contributed by atoms with Gasteiger partial charge in [0.1, 0.15) is 6.61 Å². The summed E-state index contributed by atoms with van der Waals surface area (Å²) in [4.78, 5) is 36.2. The van der Waals surface area contributed by atoms with Crippen molar-refractivity contribution in [2.45, 2.75) is 33.9 Å². The summed E-state index contributed by atoms with van der Waals surface area (Å²) in [6, 6.07) is 21.6. The van der Waals surface area contributed by atoms with E-state index in [1.807, 2.05) is 85.1 Å². The van der Waals surface area contributed by atoms with Crippen LogP contribution in [-0.4, -0.2) is 27.4 Å². The summed E-state index contributed by atoms with van der Waals surface area (Å²) in [5, 5.41) is 10.1. The summed E-state index contributed by atoms with van der Waals surface area (Å²) in [6.07, 6.45) is 0. The predicted octanol–water partition coefficient (Wildman–Crippen LogP) is 5.30. The Morgan fingerprint density at radius 1 is 0.882 bits per heavy atom. The SMILES string of the molecule is CC(=O)OCc1c(C(=O)C(=O)O)c2cc(-c3cccc(C)c3)ccc2n1Cc1ccc(C)cc1. The molecule has 6 heteroatoms. The number of carboxylic acid groups (broad SMARTS) is 1. The molecule has 0 atom stereocenters. The minimum absolute atomic E-state index is 0.0466. The molecule has 0 saturated carbocycles. The molecule has 0 bridgehead atoms. The Bertz CT molecular complexity index is 1410. The largest absolute Gasteiger partial charge is 0.475 e. The van der Waals surface area contributed by atoms with Crippen molar-refractivity contribution in [2.24, 2.45) is 0 Å². The Morgan fingerprint density at radius 3 is 2.24 bits per heavy atom. The third kappa shape index (κ3) is 4.62. The second-order valence-electron chi connectivity index (χ2n) is 8.41. The van der Waals surface area contributed by atoms with Gasteiger partial charge >= 0.3 is 11.9 Å². The van der Waals surface area contributed by atoms with Gasteiger partial charge in [0.25, 0.3) is 5.78 Å². The average molecular weight is 456 g/mol. The van der Waals surface area contributed by atoms with Crippen LogP contribution in [0, 0.1) is 13.8 Å². The summed E-state index contributed by atoms with van der Waals surface area (Å²) < 4.78 is 7.11. The van der Waals surface area contributed by atoms with Crippen LogP contribution >= 0.6 is 0 Å². The van der Waals surface area contributed by atoms with E-state index in [9.17, 15) is 19.5 Å². The number of aryl methyl sites for hydroxylation is 2. The lowest BCUT2D eigenvalue weighted by molar-refractivity contribution is -0.142. The van der Waals surface area contributed by atoms with Crippen LogP contribution in [0.2, 0.25) is 0 Å². The highest BCUT2D eigenvalue weighted by molar-refractivity contribution is 6.42. The number of ketones is 1. The smallest absolute Gasteiger partial charge is 0.377 e. The number of hydrogen-bond donors (Lipinski definition) is 1. The molecule has 4 aromatic rings. The number of hydrogen-bond acceptors (Lipinski definition) is 4. The number of carboxylic acids is 1. The van der Waals surface area contributed by atoms with E-state index in [0.717, 1.165) is 27.8 Å². The minimum Gasteiger partial charge on any atom is -0.475 e. The molecule has 0 radical (unpaired) electrons. The van der Waals surface area contributed by atoms with E-state index in [1.165, 1.54) is 6.92 Å². The first-order valence-electron chi connectivity index (χ1n) is 10.9. The second kappa shape index (κ2) is 9.35. The van der Waals surface area contributed by atoms with E-state index in [-0.39, 0.29) is 12.2 Å². The van der Waals surface area contributed by atoms with Gasteiger partial charge in [-0.25, -0.2) is 4.79 Å². The monoisotopic (exact) mass is 455 g/mol. The maximum Gasteiger partial charge on any atom is 0.377 e. The Morgan fingerprint density at radius 2 is 1.59 bits per heavy atom. The van der Waals surface area contributed by atoms with Gasteiger partial charge in [0.2, 0.25) is 0 Å². The zero-order chi connectivity index (χ0) is 24.4. The molecule has 6 nitrogen and oxygen atoms in total. The number of rotatable bonds is 7. The van der Waals surface area contributed by atoms with Crippen molar-refractivity contribution in [3.05, 3.63) is 94.7 Å². The molecule has 1 aromatic heterocycles. The standard InChI is InChI=1S/C28H25NO5/c1-17-7-9-20(10-8-17)15-29-24-12-11-22(21-6-4-5-18(2)13-21)14-23(24)26(27(31)28(32)33)25(29)16-34-19(3)30/h4-14H,15-16H2,1-3H3,(H,32,33). The van der Waals surface area contributed by atoms with E-state index in [2.05, 4.69) is 0 Å². The number of aromatic nitrogens is 1. The number of Topliss-reactive ketones (excluding diaryl/α,β-unsaturated/α-hetero) is 1. The molecule has 172 valence electrons. The highest BCUT2D eigenvalue weighted by atomic mass is 16.5. The fourth-order valence-corrected chi connectivity index (χ4v) is 4.15. The number of benzene rings is 3. The average Bonchev–Trinajstić information content (AvgIpc) is 3.10. The van der Waals surface area contributed by atoms with Crippen molar-refractivity contribution in [1.29, 1.82) is 0 Å². The molecule has 0 spiro atoms. The number of fused-ring (bicyclic) bond motifs is 1. The Hall–Kier alpha value is -4.19. The third-order valence-corrected chi connectivity index (χ3v) is 5.82. The molecular formula is C28H25NO5. The van der Waals surface area contributed by atoms with Gasteiger partial charge in [0.05, 0.1) is 11.3 Å². The number of aliphatic carboxylic acids is 1. The fourth-order valence-electron chi connectivity index (χ4n) is 4.15. The summed E-state index contributed by atoms with van der Waals surface area (Å²) in [5.74, 6) is -3.10. The fraction of sp³-hybridized carbons (Fsp3) is 0.179. The molecule has 0 fully saturated rings. The first-order chi connectivity index (χ1) is 16.2. The molecule has 0 aliphatic heterocycles. The molecular weight excluding hydrogens is 430 g/mol. The molecule has 1 N–H and O–H groups in total. The van der Waals surface area contributed by atoms with Crippen LogP contribution in [0.3, 0.4) is 0 Å². The van der Waals surface area contributed by atoms with Crippen LogP contribution in [0.15, 0.2) is 66.7 Å². The second-order valence-corrected chi connectivity index (χ2v) is 8.41. The van der Waals surface area contributed by atoms with Crippen molar-refractivity contribution >= 4 is 28.6 Å². The number of nitrogens with zero attached hydrogens (tertiary/aromatic N) is 1. The number of ether oxygens (including phenoxy) is 1. The van der Waals surface area contributed by atoms with Crippen LogP contribution in [0.4, 0.5) is 0 Å². The van der Waals surface area contributed by atoms with Gasteiger partial charge in [-0.15, -0.1) is 0 Å². The number of esters is 1. The van der Waals surface area contributed by atoms with Gasteiger partial charge < -0.3 is 14.4 Å². The molecule has 0 aliphatic carbocycles. The zero-order valence-electron chi connectivity index (χ0n) is 19.3. The van der Waals surface area contributed by atoms with Gasteiger partial charge in [-0.05, 0) is 42.7 Å². The van der Waals surface area contributed by atoms with Crippen molar-refractivity contribution in [1.82, 2.24) is 4.57 Å². The summed E-state index contributed by atoms with van der Waals surface area (Å²) in [6.45, 7) is 5.46. The van der Waals surface area contributed by atoms with Crippen LogP contribution in [0.1, 0.15) is 39.7 Å². The lowest BCUT2D eigenvalue weighted by Crippen LogP contribution is -2.17. The summed E-state index contributed by atoms with van der Waals surface area (Å²) in [7, 11) is 0. The van der Waals surface area contributed by atoms with E-state index in [4.69, 9.17) is 4.74 Å². The first kappa shape index (κ1) is 23.0. The van der Waals surface area contributed by atoms with Crippen molar-refractivity contribution in [3.8, 4) is 11.1 Å². The normalized spacial score (nSPS) is 10.9. The minimum atomic E-state index is -1.56. The highest BCUT2D eigenvalue weighted by Gasteiger charge is 2.28. The Labute approximate surface area is 197 Å². The van der Waals surface area contributed by atoms with E-state index >= 15 is 0 Å². The zero-order valence-corrected chi connectivity index (χ0v) is 19.3. The maximum atomic E-state index is 12.9. The molecule has 34 heavy (non-hydrogen) atoms. The third-order valence-electron chi connectivity index (χ3n) is 5.82. The van der Waals surface area contributed by atoms with E-state index in [0.29, 0.717) is 23.1 Å². The lowest BCUT2D eigenvalue weighted by Gasteiger charge is -2.12. The molecule has 3 aromatic carbocycles. The quantitative estimate of drug-likeness (QED) is 0.232. The predicted molar refractivity (Wildman–Crippen MR) is 130 cm³/mol. The van der Waals surface area contributed by atoms with Crippen LogP contribution < -0.4 is 0 Å². The van der Waals surface area contributed by atoms with E-state index in [1.54, 1.807) is 0 Å².